The largest absolute Gasteiger partial charge is 0.310 e. The molecule has 64 heavy (non-hydrogen) atoms. The summed E-state index contributed by atoms with van der Waals surface area (Å²) in [6.07, 6.45) is 0. The van der Waals surface area contributed by atoms with Crippen LogP contribution in [0, 0.1) is 0 Å². The zero-order valence-corrected chi connectivity index (χ0v) is 35.1. The number of hydrogen-bond donors (Lipinski definition) is 0. The van der Waals surface area contributed by atoms with Gasteiger partial charge in [-0.1, -0.05) is 206 Å². The molecular formula is C62H42N2. The molecule has 1 aromatic heterocycles. The molecule has 12 aromatic rings. The van der Waals surface area contributed by atoms with E-state index in [9.17, 15) is 0 Å². The Morgan fingerprint density at radius 3 is 1.44 bits per heavy atom. The van der Waals surface area contributed by atoms with Gasteiger partial charge in [0.05, 0.1) is 22.4 Å². The third kappa shape index (κ3) is 6.44. The summed E-state index contributed by atoms with van der Waals surface area (Å²) in [6.45, 7) is 0. The minimum Gasteiger partial charge on any atom is -0.310 e. The van der Waals surface area contributed by atoms with Crippen molar-refractivity contribution in [3.05, 3.63) is 255 Å². The Labute approximate surface area is 373 Å². The van der Waals surface area contributed by atoms with Gasteiger partial charge >= 0.3 is 0 Å². The zero-order valence-electron chi connectivity index (χ0n) is 35.1. The minimum absolute atomic E-state index is 1.09. The molecule has 0 spiro atoms. The zero-order chi connectivity index (χ0) is 42.4. The van der Waals surface area contributed by atoms with Crippen LogP contribution in [0.25, 0.3) is 93.5 Å². The van der Waals surface area contributed by atoms with E-state index in [2.05, 4.69) is 264 Å². The van der Waals surface area contributed by atoms with Gasteiger partial charge in [0.15, 0.2) is 0 Å². The fourth-order valence-electron chi connectivity index (χ4n) is 9.78. The van der Waals surface area contributed by atoms with Crippen molar-refractivity contribution < 1.29 is 0 Å². The summed E-state index contributed by atoms with van der Waals surface area (Å²) >= 11 is 0. The summed E-state index contributed by atoms with van der Waals surface area (Å²) in [5.74, 6) is 0. The molecule has 0 radical (unpaired) electrons. The van der Waals surface area contributed by atoms with Crippen LogP contribution in [0.4, 0.5) is 17.1 Å². The van der Waals surface area contributed by atoms with Crippen molar-refractivity contribution >= 4 is 60.4 Å². The SMILES string of the molecule is c1ccc(-c2ccc(-c3c(-c4ccc(N(c5ccc(-c6ccccc6)cc5)c5cccc6ccccc56)cc4)cccc3-n3c4ccccc4c4c5ccccc5ccc43)cc2)cc1. The highest BCUT2D eigenvalue weighted by Crippen LogP contribution is 2.45. The molecule has 0 saturated heterocycles. The highest BCUT2D eigenvalue weighted by atomic mass is 15.1. The molecule has 12 rings (SSSR count). The van der Waals surface area contributed by atoms with Gasteiger partial charge in [-0.2, -0.15) is 0 Å². The van der Waals surface area contributed by atoms with Gasteiger partial charge in [-0.25, -0.2) is 0 Å². The Kier molecular flexibility index (Phi) is 9.20. The fourth-order valence-corrected chi connectivity index (χ4v) is 9.78. The van der Waals surface area contributed by atoms with Gasteiger partial charge in [-0.05, 0) is 104 Å². The number of para-hydroxylation sites is 1. The van der Waals surface area contributed by atoms with Gasteiger partial charge in [0.1, 0.15) is 0 Å². The minimum atomic E-state index is 1.09. The van der Waals surface area contributed by atoms with Crippen LogP contribution >= 0.6 is 0 Å². The quantitative estimate of drug-likeness (QED) is 0.148. The highest BCUT2D eigenvalue weighted by Gasteiger charge is 2.21. The van der Waals surface area contributed by atoms with E-state index in [0.29, 0.717) is 0 Å². The van der Waals surface area contributed by atoms with Crippen LogP contribution < -0.4 is 4.90 Å². The topological polar surface area (TPSA) is 8.17 Å². The maximum absolute atomic E-state index is 2.48. The Balaban J connectivity index is 1.04. The van der Waals surface area contributed by atoms with E-state index in [0.717, 1.165) is 33.9 Å². The van der Waals surface area contributed by atoms with E-state index in [1.165, 1.54) is 76.7 Å². The van der Waals surface area contributed by atoms with E-state index in [1.807, 2.05) is 0 Å². The van der Waals surface area contributed by atoms with Crippen molar-refractivity contribution in [2.24, 2.45) is 0 Å². The lowest BCUT2D eigenvalue weighted by molar-refractivity contribution is 1.18. The molecule has 0 aliphatic heterocycles. The first kappa shape index (κ1) is 37.3. The van der Waals surface area contributed by atoms with Crippen LogP contribution in [0.1, 0.15) is 0 Å². The molecule has 0 N–H and O–H groups in total. The first-order valence-electron chi connectivity index (χ1n) is 22.0. The van der Waals surface area contributed by atoms with E-state index in [4.69, 9.17) is 0 Å². The van der Waals surface area contributed by atoms with Crippen molar-refractivity contribution in [1.29, 1.82) is 0 Å². The molecule has 2 nitrogen and oxygen atoms in total. The number of nitrogens with zero attached hydrogens (tertiary/aromatic N) is 2. The van der Waals surface area contributed by atoms with Gasteiger partial charge in [0.25, 0.3) is 0 Å². The van der Waals surface area contributed by atoms with Crippen LogP contribution in [0.3, 0.4) is 0 Å². The third-order valence-electron chi connectivity index (χ3n) is 12.8. The number of anilines is 3. The molecule has 0 unspecified atom stereocenters. The third-order valence-corrected chi connectivity index (χ3v) is 12.8. The number of aromatic nitrogens is 1. The smallest absolute Gasteiger partial charge is 0.0547 e. The van der Waals surface area contributed by atoms with Crippen molar-refractivity contribution in [2.75, 3.05) is 4.90 Å². The molecular weight excluding hydrogens is 773 g/mol. The van der Waals surface area contributed by atoms with Crippen molar-refractivity contribution in [2.45, 2.75) is 0 Å². The van der Waals surface area contributed by atoms with Gasteiger partial charge < -0.3 is 9.47 Å². The standard InChI is InChI=1S/C62H42N2/c1-3-15-43(16-4-1)45-29-31-50(32-30-45)61-54(25-14-28-59(61)64-58-26-12-11-24-56(58)62-55-23-10-8-20-48(55)37-42-60(62)64)49-35-40-52(41-36-49)63(57-27-13-21-47-19-7-9-22-53(47)57)51-38-33-46(34-39-51)44-17-5-2-6-18-44/h1-42H. The number of benzene rings is 11. The molecule has 11 aromatic carbocycles. The Bertz CT molecular complexity index is 3620. The first-order chi connectivity index (χ1) is 31.8. The summed E-state index contributed by atoms with van der Waals surface area (Å²) in [6, 6.07) is 92.7. The lowest BCUT2D eigenvalue weighted by Crippen LogP contribution is -2.10. The van der Waals surface area contributed by atoms with Crippen molar-refractivity contribution in [3.63, 3.8) is 0 Å². The first-order valence-corrected chi connectivity index (χ1v) is 22.0. The van der Waals surface area contributed by atoms with Crippen LogP contribution in [0.2, 0.25) is 0 Å². The molecule has 0 amide bonds. The van der Waals surface area contributed by atoms with Gasteiger partial charge in [0, 0.05) is 33.1 Å². The van der Waals surface area contributed by atoms with Gasteiger partial charge in [0.2, 0.25) is 0 Å². The molecule has 0 saturated carbocycles. The molecule has 0 bridgehead atoms. The van der Waals surface area contributed by atoms with E-state index in [1.54, 1.807) is 0 Å². The number of hydrogen-bond acceptors (Lipinski definition) is 1. The van der Waals surface area contributed by atoms with Crippen molar-refractivity contribution in [1.82, 2.24) is 4.57 Å². The maximum atomic E-state index is 2.48. The highest BCUT2D eigenvalue weighted by molar-refractivity contribution is 6.21. The molecule has 0 aliphatic carbocycles. The lowest BCUT2D eigenvalue weighted by atomic mass is 9.91. The normalized spacial score (nSPS) is 11.4. The van der Waals surface area contributed by atoms with Crippen molar-refractivity contribution in [3.8, 4) is 50.2 Å². The summed E-state index contributed by atoms with van der Waals surface area (Å²) in [4.78, 5) is 2.39. The molecule has 0 fully saturated rings. The predicted octanol–water partition coefficient (Wildman–Crippen LogP) is 17.2. The molecule has 0 aliphatic rings. The van der Waals surface area contributed by atoms with E-state index < -0.39 is 0 Å². The number of fused-ring (bicyclic) bond motifs is 6. The summed E-state index contributed by atoms with van der Waals surface area (Å²) in [7, 11) is 0. The lowest BCUT2D eigenvalue weighted by Gasteiger charge is -2.27. The Morgan fingerprint density at radius 2 is 0.766 bits per heavy atom. The predicted molar refractivity (Wildman–Crippen MR) is 272 cm³/mol. The summed E-state index contributed by atoms with van der Waals surface area (Å²) < 4.78 is 2.48. The number of rotatable bonds is 8. The Morgan fingerprint density at radius 1 is 0.281 bits per heavy atom. The second-order valence-corrected chi connectivity index (χ2v) is 16.5. The second kappa shape index (κ2) is 15.8. The fraction of sp³-hybridized carbons (Fsp3) is 0. The van der Waals surface area contributed by atoms with Crippen LogP contribution in [-0.2, 0) is 0 Å². The van der Waals surface area contributed by atoms with Crippen LogP contribution in [-0.4, -0.2) is 4.57 Å². The van der Waals surface area contributed by atoms with Crippen LogP contribution in [0.15, 0.2) is 255 Å². The maximum Gasteiger partial charge on any atom is 0.0547 e. The summed E-state index contributed by atoms with van der Waals surface area (Å²) in [5.41, 5.74) is 16.3. The van der Waals surface area contributed by atoms with E-state index in [-0.39, 0.29) is 0 Å². The molecule has 2 heteroatoms. The second-order valence-electron chi connectivity index (χ2n) is 16.5. The van der Waals surface area contributed by atoms with E-state index >= 15 is 0 Å². The molecule has 1 heterocycles. The van der Waals surface area contributed by atoms with Crippen LogP contribution in [0.5, 0.6) is 0 Å². The average molecular weight is 815 g/mol. The van der Waals surface area contributed by atoms with Gasteiger partial charge in [-0.15, -0.1) is 0 Å². The van der Waals surface area contributed by atoms with Gasteiger partial charge in [-0.3, -0.25) is 0 Å². The molecule has 300 valence electrons. The average Bonchev–Trinajstić information content (AvgIpc) is 3.72. The summed E-state index contributed by atoms with van der Waals surface area (Å²) in [5, 5.41) is 7.45. The Hall–Kier alpha value is -8.46. The molecule has 0 atom stereocenters. The monoisotopic (exact) mass is 814 g/mol.